The maximum Gasteiger partial charge on any atom is 0.292 e. The molecule has 0 saturated carbocycles. The van der Waals surface area contributed by atoms with E-state index in [1.54, 1.807) is 12.1 Å². The lowest BCUT2D eigenvalue weighted by atomic mass is 10.00. The van der Waals surface area contributed by atoms with Gasteiger partial charge >= 0.3 is 0 Å². The van der Waals surface area contributed by atoms with Crippen molar-refractivity contribution in [2.45, 2.75) is 0 Å². The smallest absolute Gasteiger partial charge is 0.292 e. The van der Waals surface area contributed by atoms with Crippen LogP contribution in [0.5, 0.6) is 0 Å². The van der Waals surface area contributed by atoms with E-state index in [1.807, 2.05) is 0 Å². The summed E-state index contributed by atoms with van der Waals surface area (Å²) < 4.78 is 0. The van der Waals surface area contributed by atoms with E-state index in [2.05, 4.69) is 4.90 Å². The molecule has 0 aromatic rings. The molecule has 30 valence electrons. The molecule has 0 unspecified atom stereocenters. The molecule has 1 aliphatic rings. The van der Waals surface area contributed by atoms with Crippen molar-refractivity contribution in [3.8, 4) is 0 Å². The van der Waals surface area contributed by atoms with Crippen molar-refractivity contribution in [2.75, 3.05) is 0 Å². The maximum atomic E-state index is 8.39. The van der Waals surface area contributed by atoms with E-state index < -0.39 is 0 Å². The fourth-order valence-corrected chi connectivity index (χ4v) is 0.357. The highest BCUT2D eigenvalue weighted by Crippen LogP contribution is 1.84. The molecular weight excluding hydrogens is 76.9 g/mol. The van der Waals surface area contributed by atoms with Gasteiger partial charge in [0.15, 0.2) is 5.90 Å². The molecule has 0 radical (unpaired) electrons. The largest absolute Gasteiger partial charge is 0.494 e. The van der Waals surface area contributed by atoms with E-state index >= 15 is 0 Å². The number of hydrogen-bond acceptors (Lipinski definition) is 1. The van der Waals surface area contributed by atoms with Gasteiger partial charge in [-0.2, -0.15) is 0 Å². The van der Waals surface area contributed by atoms with Crippen LogP contribution in [0.3, 0.4) is 0 Å². The second-order valence-corrected chi connectivity index (χ2v) is 1.10. The summed E-state index contributed by atoms with van der Waals surface area (Å²) in [5.74, 6) is 1.95. The van der Waals surface area contributed by atoms with Crippen molar-refractivity contribution in [3.63, 3.8) is 0 Å². The van der Waals surface area contributed by atoms with Gasteiger partial charge < -0.3 is 10.0 Å². The summed E-state index contributed by atoms with van der Waals surface area (Å²) >= 11 is 0. The van der Waals surface area contributed by atoms with Gasteiger partial charge in [-0.05, 0) is 6.08 Å². The Kier molecular flexibility index (Phi) is 0.672. The van der Waals surface area contributed by atoms with Gasteiger partial charge in [0.25, 0.3) is 7.41 Å². The summed E-state index contributed by atoms with van der Waals surface area (Å²) in [4.78, 5) is 3.60. The summed E-state index contributed by atoms with van der Waals surface area (Å²) in [6, 6.07) is 0. The van der Waals surface area contributed by atoms with Crippen molar-refractivity contribution in [2.24, 2.45) is 4.90 Å². The minimum absolute atomic E-state index is 0.148. The van der Waals surface area contributed by atoms with Crippen LogP contribution >= 0.6 is 0 Å². The Morgan fingerprint density at radius 3 is 2.83 bits per heavy atom. The lowest BCUT2D eigenvalue weighted by Gasteiger charge is -1.73. The van der Waals surface area contributed by atoms with Crippen LogP contribution in [0.25, 0.3) is 0 Å². The van der Waals surface area contributed by atoms with Crippen molar-refractivity contribution in [1.82, 2.24) is 0 Å². The highest BCUT2D eigenvalue weighted by molar-refractivity contribution is 6.45. The lowest BCUT2D eigenvalue weighted by molar-refractivity contribution is 0.561. The third kappa shape index (κ3) is 0.430. The Hall–Kier alpha value is -0.725. The van der Waals surface area contributed by atoms with E-state index in [0.717, 1.165) is 0 Å². The standard InChI is InChI=1S/C3H4BNO/c6-3-1-2-4-5-3/h1-2,4H,(H,5,6). The Morgan fingerprint density at radius 2 is 2.67 bits per heavy atom. The van der Waals surface area contributed by atoms with Crippen molar-refractivity contribution in [3.05, 3.63) is 12.1 Å². The molecule has 1 heterocycles. The van der Waals surface area contributed by atoms with Crippen molar-refractivity contribution < 1.29 is 5.11 Å². The van der Waals surface area contributed by atoms with Gasteiger partial charge in [-0.15, -0.1) is 0 Å². The van der Waals surface area contributed by atoms with Crippen LogP contribution in [0.4, 0.5) is 0 Å². The second-order valence-electron chi connectivity index (χ2n) is 1.10. The van der Waals surface area contributed by atoms with Gasteiger partial charge in [0.05, 0.1) is 0 Å². The number of aliphatic hydroxyl groups excluding tert-OH is 1. The number of rotatable bonds is 0. The molecule has 1 rings (SSSR count). The molecule has 0 spiro atoms. The zero-order chi connectivity index (χ0) is 4.41. The molecule has 0 fully saturated rings. The van der Waals surface area contributed by atoms with E-state index in [0.29, 0.717) is 7.41 Å². The number of aliphatic hydroxyl groups is 1. The molecule has 0 saturated heterocycles. The third-order valence-electron chi connectivity index (χ3n) is 0.626. The van der Waals surface area contributed by atoms with Crippen LogP contribution in [0, 0.1) is 0 Å². The Morgan fingerprint density at radius 1 is 1.83 bits per heavy atom. The Bertz CT molecular complexity index is 105. The summed E-state index contributed by atoms with van der Waals surface area (Å²) in [6.07, 6.45) is 1.58. The van der Waals surface area contributed by atoms with Crippen LogP contribution in [0.15, 0.2) is 17.0 Å². The van der Waals surface area contributed by atoms with Gasteiger partial charge in [-0.25, -0.2) is 0 Å². The number of nitrogens with zero attached hydrogens (tertiary/aromatic N) is 1. The highest BCUT2D eigenvalue weighted by atomic mass is 16.3. The van der Waals surface area contributed by atoms with Gasteiger partial charge in [0, 0.05) is 0 Å². The second kappa shape index (κ2) is 1.16. The molecular formula is C3H4BNO. The maximum absolute atomic E-state index is 8.39. The van der Waals surface area contributed by atoms with Gasteiger partial charge in [-0.1, -0.05) is 5.98 Å². The fourth-order valence-electron chi connectivity index (χ4n) is 0.357. The first-order valence-electron chi connectivity index (χ1n) is 1.79. The number of hydrogen-bond donors (Lipinski definition) is 1. The third-order valence-corrected chi connectivity index (χ3v) is 0.626. The SMILES string of the molecule is OC1=NBC=C1. The van der Waals surface area contributed by atoms with E-state index in [9.17, 15) is 0 Å². The highest BCUT2D eigenvalue weighted by Gasteiger charge is 1.91. The molecule has 0 aromatic heterocycles. The summed E-state index contributed by atoms with van der Waals surface area (Å²) in [6.45, 7) is 0. The normalized spacial score (nSPS) is 17.0. The average Bonchev–Trinajstić information content (AvgIpc) is 1.86. The summed E-state index contributed by atoms with van der Waals surface area (Å²) in [7, 11) is 0.645. The molecule has 0 atom stereocenters. The zero-order valence-electron chi connectivity index (χ0n) is 3.26. The predicted octanol–water partition coefficient (Wildman–Crippen LogP) is -0.178. The average molecular weight is 80.9 g/mol. The molecule has 2 nitrogen and oxygen atoms in total. The molecule has 1 N–H and O–H groups in total. The first-order chi connectivity index (χ1) is 2.89. The van der Waals surface area contributed by atoms with Crippen LogP contribution < -0.4 is 0 Å². The molecule has 0 aromatic carbocycles. The first-order valence-corrected chi connectivity index (χ1v) is 1.79. The minimum Gasteiger partial charge on any atom is -0.494 e. The lowest BCUT2D eigenvalue weighted by Crippen LogP contribution is -1.82. The van der Waals surface area contributed by atoms with E-state index in [4.69, 9.17) is 5.11 Å². The zero-order valence-corrected chi connectivity index (χ0v) is 3.26. The van der Waals surface area contributed by atoms with E-state index in [1.165, 1.54) is 0 Å². The fraction of sp³-hybridized carbons (Fsp3) is 0. The van der Waals surface area contributed by atoms with Crippen molar-refractivity contribution in [1.29, 1.82) is 0 Å². The Labute approximate surface area is 36.5 Å². The topological polar surface area (TPSA) is 32.6 Å². The van der Waals surface area contributed by atoms with Gasteiger partial charge in [-0.3, -0.25) is 0 Å². The van der Waals surface area contributed by atoms with Crippen LogP contribution in [-0.2, 0) is 0 Å². The molecule has 0 bridgehead atoms. The van der Waals surface area contributed by atoms with Crippen LogP contribution in [-0.4, -0.2) is 18.4 Å². The predicted molar refractivity (Wildman–Crippen MR) is 26.4 cm³/mol. The molecule has 1 aliphatic heterocycles. The van der Waals surface area contributed by atoms with Gasteiger partial charge in [0.2, 0.25) is 0 Å². The summed E-state index contributed by atoms with van der Waals surface area (Å²) in [5.41, 5.74) is 0. The van der Waals surface area contributed by atoms with Crippen LogP contribution in [0.1, 0.15) is 0 Å². The summed E-state index contributed by atoms with van der Waals surface area (Å²) in [5, 5.41) is 8.39. The van der Waals surface area contributed by atoms with Crippen LogP contribution in [0.2, 0.25) is 0 Å². The first kappa shape index (κ1) is 3.46. The minimum atomic E-state index is 0.148. The Balaban J connectivity index is 2.68. The molecule has 0 amide bonds. The van der Waals surface area contributed by atoms with Gasteiger partial charge in [0.1, 0.15) is 0 Å². The quantitative estimate of drug-likeness (QED) is 0.403. The van der Waals surface area contributed by atoms with E-state index in [-0.39, 0.29) is 5.90 Å². The molecule has 0 aliphatic carbocycles. The monoisotopic (exact) mass is 81.0 g/mol. The molecule has 3 heteroatoms. The molecule has 6 heavy (non-hydrogen) atoms. The van der Waals surface area contributed by atoms with Crippen molar-refractivity contribution >= 4 is 13.3 Å².